The highest BCUT2D eigenvalue weighted by Gasteiger charge is 2.09. The van der Waals surface area contributed by atoms with Crippen molar-refractivity contribution < 1.29 is 9.53 Å². The van der Waals surface area contributed by atoms with E-state index in [0.29, 0.717) is 21.9 Å². The van der Waals surface area contributed by atoms with E-state index in [0.717, 1.165) is 24.4 Å². The lowest BCUT2D eigenvalue weighted by Crippen LogP contribution is -2.19. The summed E-state index contributed by atoms with van der Waals surface area (Å²) in [7, 11) is 0. The number of rotatable bonds is 7. The number of nitrogens with one attached hydrogen (secondary N) is 1. The summed E-state index contributed by atoms with van der Waals surface area (Å²) in [5.74, 6) is 0.186. The van der Waals surface area contributed by atoms with Gasteiger partial charge in [-0.3, -0.25) is 4.79 Å². The molecule has 0 aliphatic carbocycles. The van der Waals surface area contributed by atoms with E-state index in [1.807, 2.05) is 6.20 Å². The third kappa shape index (κ3) is 6.00. The van der Waals surface area contributed by atoms with Crippen LogP contribution in [0.5, 0.6) is 10.9 Å². The van der Waals surface area contributed by atoms with Gasteiger partial charge in [0.05, 0.1) is 0 Å². The van der Waals surface area contributed by atoms with Gasteiger partial charge in [0.25, 0.3) is 5.19 Å². The smallest absolute Gasteiger partial charge is 0.278 e. The average molecular weight is 333 g/mol. The Morgan fingerprint density at radius 2 is 2.00 bits per heavy atom. The fraction of sp³-hybridized carbons (Fsp3) is 0.412. The predicted octanol–water partition coefficient (Wildman–Crippen LogP) is 3.56. The van der Waals surface area contributed by atoms with Crippen LogP contribution in [0.4, 0.5) is 0 Å². The van der Waals surface area contributed by atoms with Gasteiger partial charge in [0.1, 0.15) is 5.75 Å². The molecule has 1 amide bonds. The van der Waals surface area contributed by atoms with Crippen molar-refractivity contribution in [3.8, 4) is 10.9 Å². The van der Waals surface area contributed by atoms with Gasteiger partial charge in [-0.05, 0) is 42.6 Å². The van der Waals surface area contributed by atoms with Gasteiger partial charge < -0.3 is 15.8 Å². The summed E-state index contributed by atoms with van der Waals surface area (Å²) >= 11 is 1.51. The van der Waals surface area contributed by atoms with E-state index in [1.165, 1.54) is 11.3 Å². The molecule has 2 rings (SSSR count). The van der Waals surface area contributed by atoms with Crippen LogP contribution in [0.2, 0.25) is 0 Å². The molecule has 23 heavy (non-hydrogen) atoms. The maximum Gasteiger partial charge on any atom is 0.278 e. The third-order valence-electron chi connectivity index (χ3n) is 3.23. The number of thiazole rings is 1. The molecule has 0 unspecified atom stereocenters. The molecule has 0 fully saturated rings. The first-order valence-electron chi connectivity index (χ1n) is 7.57. The van der Waals surface area contributed by atoms with Crippen LogP contribution < -0.4 is 15.8 Å². The number of amides is 1. The Labute approximate surface area is 140 Å². The molecule has 0 aliphatic heterocycles. The minimum Gasteiger partial charge on any atom is -0.431 e. The number of carbonyl (C=O) groups is 1. The van der Waals surface area contributed by atoms with Crippen LogP contribution in [0.3, 0.4) is 0 Å². The first-order valence-corrected chi connectivity index (χ1v) is 8.38. The summed E-state index contributed by atoms with van der Waals surface area (Å²) in [6.07, 6.45) is 2.95. The Bertz CT molecular complexity index is 645. The molecular formula is C17H23N3O2S. The Balaban J connectivity index is 1.83. The molecule has 6 heteroatoms. The molecule has 1 aromatic heterocycles. The second-order valence-electron chi connectivity index (χ2n) is 6.57. The van der Waals surface area contributed by atoms with Crippen molar-refractivity contribution >= 4 is 17.2 Å². The molecule has 0 aliphatic rings. The van der Waals surface area contributed by atoms with Crippen molar-refractivity contribution in [3.05, 3.63) is 40.9 Å². The molecule has 0 saturated carbocycles. The third-order valence-corrected chi connectivity index (χ3v) is 4.10. The van der Waals surface area contributed by atoms with E-state index in [1.54, 1.807) is 24.3 Å². The fourth-order valence-corrected chi connectivity index (χ4v) is 2.63. The summed E-state index contributed by atoms with van der Waals surface area (Å²) in [6.45, 7) is 8.47. The Kier molecular flexibility index (Phi) is 5.74. The zero-order chi connectivity index (χ0) is 16.9. The van der Waals surface area contributed by atoms with Crippen molar-refractivity contribution in [2.45, 2.75) is 33.7 Å². The zero-order valence-corrected chi connectivity index (χ0v) is 14.6. The van der Waals surface area contributed by atoms with E-state index in [4.69, 9.17) is 10.5 Å². The Morgan fingerprint density at radius 1 is 1.30 bits per heavy atom. The first-order chi connectivity index (χ1) is 10.8. The lowest BCUT2D eigenvalue weighted by molar-refractivity contribution is 0.100. The summed E-state index contributed by atoms with van der Waals surface area (Å²) in [6, 6.07) is 6.70. The minimum absolute atomic E-state index is 0.339. The number of aromatic nitrogens is 1. The van der Waals surface area contributed by atoms with Crippen LogP contribution in [0.1, 0.15) is 42.4 Å². The molecule has 5 nitrogen and oxygen atoms in total. The molecule has 2 aromatic rings. The monoisotopic (exact) mass is 333 g/mol. The lowest BCUT2D eigenvalue weighted by atomic mass is 9.92. The molecule has 124 valence electrons. The normalized spacial score (nSPS) is 11.4. The molecule has 0 atom stereocenters. The van der Waals surface area contributed by atoms with E-state index in [2.05, 4.69) is 31.1 Å². The number of hydrogen-bond acceptors (Lipinski definition) is 5. The van der Waals surface area contributed by atoms with Crippen LogP contribution >= 0.6 is 11.3 Å². The molecular weight excluding hydrogens is 310 g/mol. The highest BCUT2D eigenvalue weighted by atomic mass is 32.1. The van der Waals surface area contributed by atoms with E-state index in [-0.39, 0.29) is 0 Å². The van der Waals surface area contributed by atoms with E-state index < -0.39 is 5.91 Å². The van der Waals surface area contributed by atoms with Gasteiger partial charge in [-0.2, -0.15) is 0 Å². The molecule has 0 spiro atoms. The predicted molar refractivity (Wildman–Crippen MR) is 92.9 cm³/mol. The van der Waals surface area contributed by atoms with Crippen molar-refractivity contribution in [3.63, 3.8) is 0 Å². The number of carbonyl (C=O) groups excluding carboxylic acids is 1. The van der Waals surface area contributed by atoms with Gasteiger partial charge >= 0.3 is 0 Å². The average Bonchev–Trinajstić information content (AvgIpc) is 2.91. The summed E-state index contributed by atoms with van der Waals surface area (Å²) in [5.41, 5.74) is 6.01. The number of nitrogens with zero attached hydrogens (tertiary/aromatic N) is 1. The molecule has 0 radical (unpaired) electrons. The van der Waals surface area contributed by atoms with Crippen LogP contribution in [-0.4, -0.2) is 17.4 Å². The molecule has 0 bridgehead atoms. The highest BCUT2D eigenvalue weighted by molar-refractivity contribution is 7.13. The van der Waals surface area contributed by atoms with Gasteiger partial charge in [0.15, 0.2) is 0 Å². The van der Waals surface area contributed by atoms with Crippen LogP contribution in [0.15, 0.2) is 30.5 Å². The summed E-state index contributed by atoms with van der Waals surface area (Å²) in [4.78, 5) is 16.4. The zero-order valence-electron chi connectivity index (χ0n) is 13.8. The van der Waals surface area contributed by atoms with Crippen LogP contribution in [-0.2, 0) is 6.54 Å². The summed E-state index contributed by atoms with van der Waals surface area (Å²) < 4.78 is 5.68. The van der Waals surface area contributed by atoms with E-state index >= 15 is 0 Å². The standard InChI is InChI=1S/C17H23N3O2S/c1-17(2,3)8-9-19-10-14-11-20-16(23-14)22-13-6-4-12(5-7-13)15(18)21/h4-7,11,19H,8-10H2,1-3H3,(H2,18,21). The SMILES string of the molecule is CC(C)(C)CCNCc1cnc(Oc2ccc(C(N)=O)cc2)s1. The minimum atomic E-state index is -0.450. The quantitative estimate of drug-likeness (QED) is 0.760. The van der Waals surface area contributed by atoms with Gasteiger partial charge in [0.2, 0.25) is 5.91 Å². The first kappa shape index (κ1) is 17.4. The molecule has 1 aromatic carbocycles. The Morgan fingerprint density at radius 3 is 2.61 bits per heavy atom. The van der Waals surface area contributed by atoms with Gasteiger partial charge in [-0.15, -0.1) is 0 Å². The highest BCUT2D eigenvalue weighted by Crippen LogP contribution is 2.26. The lowest BCUT2D eigenvalue weighted by Gasteiger charge is -2.17. The second kappa shape index (κ2) is 7.57. The topological polar surface area (TPSA) is 77.2 Å². The Hall–Kier alpha value is -1.92. The van der Waals surface area contributed by atoms with Crippen molar-refractivity contribution in [1.82, 2.24) is 10.3 Å². The van der Waals surface area contributed by atoms with Gasteiger partial charge in [0, 0.05) is 23.2 Å². The number of hydrogen-bond donors (Lipinski definition) is 2. The van der Waals surface area contributed by atoms with Gasteiger partial charge in [-0.25, -0.2) is 4.98 Å². The maximum atomic E-state index is 11.0. The number of benzene rings is 1. The molecule has 3 N–H and O–H groups in total. The second-order valence-corrected chi connectivity index (χ2v) is 7.65. The van der Waals surface area contributed by atoms with Gasteiger partial charge in [-0.1, -0.05) is 32.1 Å². The van der Waals surface area contributed by atoms with Crippen molar-refractivity contribution in [2.24, 2.45) is 11.1 Å². The summed E-state index contributed by atoms with van der Waals surface area (Å²) in [5, 5.41) is 4.01. The number of primary amides is 1. The van der Waals surface area contributed by atoms with Crippen LogP contribution in [0, 0.1) is 5.41 Å². The number of ether oxygens (including phenoxy) is 1. The van der Waals surface area contributed by atoms with E-state index in [9.17, 15) is 4.79 Å². The molecule has 0 saturated heterocycles. The van der Waals surface area contributed by atoms with Crippen LogP contribution in [0.25, 0.3) is 0 Å². The molecule has 1 heterocycles. The van der Waals surface area contributed by atoms with Crippen molar-refractivity contribution in [1.29, 1.82) is 0 Å². The maximum absolute atomic E-state index is 11.0. The largest absolute Gasteiger partial charge is 0.431 e. The fourth-order valence-electron chi connectivity index (χ4n) is 1.88. The van der Waals surface area contributed by atoms with Crippen molar-refractivity contribution in [2.75, 3.05) is 6.54 Å². The number of nitrogens with two attached hydrogens (primary N) is 1.